The highest BCUT2D eigenvalue weighted by atomic mass is 16.2. The molecule has 1 aromatic carbocycles. The Morgan fingerprint density at radius 2 is 1.88 bits per heavy atom. The van der Waals surface area contributed by atoms with Crippen LogP contribution in [0.15, 0.2) is 36.4 Å². The van der Waals surface area contributed by atoms with Crippen molar-refractivity contribution in [2.45, 2.75) is 20.3 Å². The summed E-state index contributed by atoms with van der Waals surface area (Å²) < 4.78 is 0. The zero-order valence-electron chi connectivity index (χ0n) is 9.99. The molecule has 0 unspecified atom stereocenters. The van der Waals surface area contributed by atoms with Crippen molar-refractivity contribution in [1.82, 2.24) is 0 Å². The van der Waals surface area contributed by atoms with Gasteiger partial charge in [0.15, 0.2) is 0 Å². The van der Waals surface area contributed by atoms with Crippen LogP contribution in [0.2, 0.25) is 0 Å². The van der Waals surface area contributed by atoms with Gasteiger partial charge in [-0.2, -0.15) is 0 Å². The number of carbonyl (C=O) groups is 2. The average molecular weight is 232 g/mol. The maximum Gasteiger partial charge on any atom is 0.248 e. The van der Waals surface area contributed by atoms with Crippen molar-refractivity contribution < 1.29 is 9.59 Å². The van der Waals surface area contributed by atoms with Gasteiger partial charge >= 0.3 is 0 Å². The molecule has 0 atom stereocenters. The fourth-order valence-corrected chi connectivity index (χ4v) is 1.26. The Balaban J connectivity index is 2.72. The Bertz CT molecular complexity index is 439. The van der Waals surface area contributed by atoms with Gasteiger partial charge in [-0.25, -0.2) is 0 Å². The van der Waals surface area contributed by atoms with Crippen LogP contribution >= 0.6 is 0 Å². The van der Waals surface area contributed by atoms with Gasteiger partial charge in [0.05, 0.1) is 0 Å². The second-order valence-electron chi connectivity index (χ2n) is 3.47. The van der Waals surface area contributed by atoms with Crippen molar-refractivity contribution in [2.24, 2.45) is 0 Å². The van der Waals surface area contributed by atoms with Crippen molar-refractivity contribution in [3.05, 3.63) is 36.4 Å². The molecule has 4 heteroatoms. The average Bonchev–Trinajstić information content (AvgIpc) is 2.29. The van der Waals surface area contributed by atoms with Gasteiger partial charge in [-0.3, -0.25) is 9.59 Å². The second-order valence-corrected chi connectivity index (χ2v) is 3.47. The summed E-state index contributed by atoms with van der Waals surface area (Å²) in [5, 5.41) is 5.43. The van der Waals surface area contributed by atoms with E-state index in [2.05, 4.69) is 10.6 Å². The minimum absolute atomic E-state index is 0.0538. The first-order chi connectivity index (χ1) is 8.15. The highest BCUT2D eigenvalue weighted by Gasteiger charge is 2.01. The molecule has 1 rings (SSSR count). The first-order valence-electron chi connectivity index (χ1n) is 5.49. The molecule has 0 aliphatic carbocycles. The van der Waals surface area contributed by atoms with Crippen molar-refractivity contribution in [3.63, 3.8) is 0 Å². The lowest BCUT2D eigenvalue weighted by atomic mass is 10.2. The summed E-state index contributed by atoms with van der Waals surface area (Å²) in [6.07, 6.45) is 3.53. The predicted octanol–water partition coefficient (Wildman–Crippen LogP) is 2.55. The largest absolute Gasteiger partial charge is 0.326 e. The van der Waals surface area contributed by atoms with Crippen LogP contribution in [-0.4, -0.2) is 11.8 Å². The summed E-state index contributed by atoms with van der Waals surface area (Å²) in [7, 11) is 0. The van der Waals surface area contributed by atoms with E-state index >= 15 is 0 Å². The molecule has 0 spiro atoms. The van der Waals surface area contributed by atoms with Crippen LogP contribution in [0.25, 0.3) is 0 Å². The fourth-order valence-electron chi connectivity index (χ4n) is 1.26. The maximum absolute atomic E-state index is 11.3. The van der Waals surface area contributed by atoms with Gasteiger partial charge in [-0.05, 0) is 31.2 Å². The Labute approximate surface area is 101 Å². The lowest BCUT2D eigenvalue weighted by Gasteiger charge is -2.06. The molecule has 0 fully saturated rings. The van der Waals surface area contributed by atoms with E-state index in [1.54, 1.807) is 44.2 Å². The van der Waals surface area contributed by atoms with E-state index in [0.717, 1.165) is 0 Å². The number of carbonyl (C=O) groups excluding carboxylic acids is 2. The number of amides is 2. The van der Waals surface area contributed by atoms with E-state index < -0.39 is 0 Å². The van der Waals surface area contributed by atoms with Crippen molar-refractivity contribution in [2.75, 3.05) is 10.6 Å². The number of hydrogen-bond acceptors (Lipinski definition) is 2. The van der Waals surface area contributed by atoms with Crippen LogP contribution in [0, 0.1) is 0 Å². The molecule has 1 aromatic rings. The van der Waals surface area contributed by atoms with E-state index in [9.17, 15) is 9.59 Å². The molecule has 0 aromatic heterocycles. The SMILES string of the molecule is C/C=C/C(=O)Nc1cccc(NC(=O)CC)c1. The van der Waals surface area contributed by atoms with Crippen LogP contribution in [-0.2, 0) is 9.59 Å². The summed E-state index contributed by atoms with van der Waals surface area (Å²) >= 11 is 0. The molecule has 0 saturated heterocycles. The smallest absolute Gasteiger partial charge is 0.248 e. The molecule has 0 saturated carbocycles. The van der Waals surface area contributed by atoms with E-state index in [1.807, 2.05) is 0 Å². The summed E-state index contributed by atoms with van der Waals surface area (Å²) in [4.78, 5) is 22.5. The Morgan fingerprint density at radius 1 is 1.24 bits per heavy atom. The van der Waals surface area contributed by atoms with Crippen molar-refractivity contribution >= 4 is 23.2 Å². The summed E-state index contributed by atoms with van der Waals surface area (Å²) in [5.41, 5.74) is 1.33. The Morgan fingerprint density at radius 3 is 2.47 bits per heavy atom. The highest BCUT2D eigenvalue weighted by molar-refractivity contribution is 6.00. The summed E-state index contributed by atoms with van der Waals surface area (Å²) in [6, 6.07) is 7.04. The van der Waals surface area contributed by atoms with E-state index in [1.165, 1.54) is 6.08 Å². The Hall–Kier alpha value is -2.10. The third-order valence-electron chi connectivity index (χ3n) is 2.05. The number of rotatable bonds is 4. The molecule has 17 heavy (non-hydrogen) atoms. The third-order valence-corrected chi connectivity index (χ3v) is 2.05. The minimum Gasteiger partial charge on any atom is -0.326 e. The number of hydrogen-bond donors (Lipinski definition) is 2. The lowest BCUT2D eigenvalue weighted by Crippen LogP contribution is -2.11. The van der Waals surface area contributed by atoms with Crippen LogP contribution in [0.4, 0.5) is 11.4 Å². The molecule has 2 N–H and O–H groups in total. The molecule has 2 amide bonds. The van der Waals surface area contributed by atoms with Crippen LogP contribution in [0.1, 0.15) is 20.3 Å². The quantitative estimate of drug-likeness (QED) is 0.784. The van der Waals surface area contributed by atoms with Gasteiger partial charge in [-0.15, -0.1) is 0 Å². The maximum atomic E-state index is 11.3. The first-order valence-corrected chi connectivity index (χ1v) is 5.49. The van der Waals surface area contributed by atoms with Crippen LogP contribution < -0.4 is 10.6 Å². The highest BCUT2D eigenvalue weighted by Crippen LogP contribution is 2.15. The monoisotopic (exact) mass is 232 g/mol. The van der Waals surface area contributed by atoms with Crippen molar-refractivity contribution in [1.29, 1.82) is 0 Å². The molecule has 0 bridgehead atoms. The van der Waals surface area contributed by atoms with Gasteiger partial charge in [0.2, 0.25) is 11.8 Å². The van der Waals surface area contributed by atoms with Gasteiger partial charge in [-0.1, -0.05) is 19.1 Å². The van der Waals surface area contributed by atoms with E-state index in [4.69, 9.17) is 0 Å². The number of allylic oxidation sites excluding steroid dienone is 1. The zero-order valence-corrected chi connectivity index (χ0v) is 9.99. The van der Waals surface area contributed by atoms with Gasteiger partial charge < -0.3 is 10.6 Å². The number of benzene rings is 1. The summed E-state index contributed by atoms with van der Waals surface area (Å²) in [5.74, 6) is -0.242. The molecule has 0 aliphatic heterocycles. The molecule has 90 valence electrons. The third kappa shape index (κ3) is 4.51. The number of anilines is 2. The van der Waals surface area contributed by atoms with Gasteiger partial charge in [0.1, 0.15) is 0 Å². The lowest BCUT2D eigenvalue weighted by molar-refractivity contribution is -0.116. The molecule has 0 heterocycles. The van der Waals surface area contributed by atoms with Crippen LogP contribution in [0.5, 0.6) is 0 Å². The minimum atomic E-state index is -0.188. The second kappa shape index (κ2) is 6.48. The van der Waals surface area contributed by atoms with E-state index in [0.29, 0.717) is 17.8 Å². The molecular formula is C13H16N2O2. The predicted molar refractivity (Wildman–Crippen MR) is 68.8 cm³/mol. The summed E-state index contributed by atoms with van der Waals surface area (Å²) in [6.45, 7) is 3.56. The van der Waals surface area contributed by atoms with Crippen LogP contribution in [0.3, 0.4) is 0 Å². The fraction of sp³-hybridized carbons (Fsp3) is 0.231. The van der Waals surface area contributed by atoms with E-state index in [-0.39, 0.29) is 11.8 Å². The molecule has 0 aliphatic rings. The molecule has 0 radical (unpaired) electrons. The molecule has 4 nitrogen and oxygen atoms in total. The normalized spacial score (nSPS) is 10.2. The number of nitrogens with one attached hydrogen (secondary N) is 2. The zero-order chi connectivity index (χ0) is 12.7. The molecular weight excluding hydrogens is 216 g/mol. The Kier molecular flexibility index (Phi) is 4.94. The standard InChI is InChI=1S/C13H16N2O2/c1-3-6-13(17)15-11-8-5-7-10(9-11)14-12(16)4-2/h3,5-9H,4H2,1-2H3,(H,14,16)(H,15,17)/b6-3+. The first kappa shape index (κ1) is 13.0. The van der Waals surface area contributed by atoms with Gasteiger partial charge in [0.25, 0.3) is 0 Å². The van der Waals surface area contributed by atoms with Gasteiger partial charge in [0, 0.05) is 17.8 Å². The topological polar surface area (TPSA) is 58.2 Å². The van der Waals surface area contributed by atoms with Crippen molar-refractivity contribution in [3.8, 4) is 0 Å².